The summed E-state index contributed by atoms with van der Waals surface area (Å²) in [6.45, 7) is 8.14. The Morgan fingerprint density at radius 1 is 1.26 bits per heavy atom. The van der Waals surface area contributed by atoms with Crippen molar-refractivity contribution in [1.82, 2.24) is 4.90 Å². The molecule has 0 spiro atoms. The highest BCUT2D eigenvalue weighted by molar-refractivity contribution is 8.01. The molecule has 5 heteroatoms. The number of amides is 1. The molecule has 1 aliphatic carbocycles. The molecule has 0 bridgehead atoms. The van der Waals surface area contributed by atoms with Crippen molar-refractivity contribution in [3.05, 3.63) is 16.0 Å². The second-order valence-corrected chi connectivity index (χ2v) is 9.75. The zero-order valence-corrected chi connectivity index (χ0v) is 15.9. The van der Waals surface area contributed by atoms with Gasteiger partial charge in [0.05, 0.1) is 9.09 Å². The maximum Gasteiger partial charge on any atom is 0.264 e. The van der Waals surface area contributed by atoms with Crippen molar-refractivity contribution >= 4 is 34.8 Å². The summed E-state index contributed by atoms with van der Waals surface area (Å²) in [5, 5.41) is 0. The highest BCUT2D eigenvalue weighted by Gasteiger charge is 2.38. The molecular weight excluding hydrogens is 326 g/mol. The van der Waals surface area contributed by atoms with E-state index in [1.54, 1.807) is 23.1 Å². The maximum absolute atomic E-state index is 12.9. The van der Waals surface area contributed by atoms with Gasteiger partial charge in [-0.2, -0.15) is 0 Å². The van der Waals surface area contributed by atoms with Crippen LogP contribution in [0.25, 0.3) is 0 Å². The molecule has 1 aromatic heterocycles. The fourth-order valence-electron chi connectivity index (χ4n) is 3.49. The van der Waals surface area contributed by atoms with Gasteiger partial charge >= 0.3 is 0 Å². The van der Waals surface area contributed by atoms with Gasteiger partial charge in [0.1, 0.15) is 0 Å². The van der Waals surface area contributed by atoms with Crippen LogP contribution in [0.1, 0.15) is 72.0 Å². The third kappa shape index (κ3) is 3.36. The van der Waals surface area contributed by atoms with E-state index in [1.165, 1.54) is 0 Å². The summed E-state index contributed by atoms with van der Waals surface area (Å²) in [6.07, 6.45) is 4.70. The van der Waals surface area contributed by atoms with Crippen LogP contribution in [0.4, 0.5) is 0 Å². The molecule has 0 atom stereocenters. The number of fused-ring (bicyclic) bond motifs is 1. The average Bonchev–Trinajstić information content (AvgIpc) is 3.10. The Balaban J connectivity index is 2.02. The molecule has 0 unspecified atom stereocenters. The number of thiophene rings is 1. The van der Waals surface area contributed by atoms with Gasteiger partial charge in [-0.25, -0.2) is 0 Å². The Hall–Kier alpha value is -0.810. The van der Waals surface area contributed by atoms with E-state index in [2.05, 4.69) is 20.8 Å². The van der Waals surface area contributed by atoms with Crippen LogP contribution >= 0.6 is 23.1 Å². The largest absolute Gasteiger partial charge is 0.338 e. The van der Waals surface area contributed by atoms with E-state index in [1.807, 2.05) is 4.90 Å². The van der Waals surface area contributed by atoms with Crippen molar-refractivity contribution in [2.24, 2.45) is 5.41 Å². The van der Waals surface area contributed by atoms with Crippen LogP contribution in [0.5, 0.6) is 0 Å². The van der Waals surface area contributed by atoms with Crippen LogP contribution in [-0.4, -0.2) is 35.4 Å². The fraction of sp³-hybridized carbons (Fsp3) is 0.667. The summed E-state index contributed by atoms with van der Waals surface area (Å²) >= 11 is 3.31. The molecule has 2 aliphatic rings. The Kier molecular flexibility index (Phi) is 4.88. The Bertz CT molecular complexity index is 627. The smallest absolute Gasteiger partial charge is 0.264 e. The second kappa shape index (κ2) is 6.60. The second-order valence-electron chi connectivity index (χ2n) is 7.36. The van der Waals surface area contributed by atoms with Crippen molar-refractivity contribution in [1.29, 1.82) is 0 Å². The van der Waals surface area contributed by atoms with Gasteiger partial charge in [0.25, 0.3) is 5.91 Å². The number of hydrogen-bond donors (Lipinski definition) is 0. The molecule has 1 fully saturated rings. The molecule has 3 rings (SSSR count). The van der Waals surface area contributed by atoms with Gasteiger partial charge in [-0.05, 0) is 42.4 Å². The van der Waals surface area contributed by atoms with Crippen molar-refractivity contribution in [3.8, 4) is 0 Å². The predicted molar refractivity (Wildman–Crippen MR) is 96.9 cm³/mol. The molecule has 23 heavy (non-hydrogen) atoms. The summed E-state index contributed by atoms with van der Waals surface area (Å²) in [5.41, 5.74) is 1.86. The normalized spacial score (nSPS) is 20.0. The number of likely N-dealkylation sites (tertiary alicyclic amines) is 1. The zero-order chi connectivity index (χ0) is 16.6. The molecule has 0 N–H and O–H groups in total. The molecule has 1 aromatic rings. The molecule has 126 valence electrons. The molecular formula is C18H25NO2S2. The van der Waals surface area contributed by atoms with Crippen LogP contribution in [0.15, 0.2) is 4.21 Å². The molecule has 0 aromatic carbocycles. The van der Waals surface area contributed by atoms with Crippen LogP contribution in [0.2, 0.25) is 0 Å². The monoisotopic (exact) mass is 351 g/mol. The first-order chi connectivity index (χ1) is 10.9. The molecule has 1 saturated heterocycles. The van der Waals surface area contributed by atoms with Crippen LogP contribution < -0.4 is 0 Å². The minimum absolute atomic E-state index is 0.0438. The lowest BCUT2D eigenvalue weighted by Crippen LogP contribution is -2.31. The topological polar surface area (TPSA) is 37.4 Å². The Morgan fingerprint density at radius 2 is 1.96 bits per heavy atom. The first kappa shape index (κ1) is 17.0. The molecule has 0 radical (unpaired) electrons. The first-order valence-corrected chi connectivity index (χ1v) is 10.3. The van der Waals surface area contributed by atoms with E-state index < -0.39 is 0 Å². The standard InChI is InChI=1S/C18H25NO2S2/c1-4-9-22-17-14-12(10-18(2,3)11-13(14)20)15(23-17)16(21)19-7-5-6-8-19/h4-11H2,1-3H3. The minimum Gasteiger partial charge on any atom is -0.338 e. The van der Waals surface area contributed by atoms with Gasteiger partial charge in [0.15, 0.2) is 5.78 Å². The number of carbonyl (C=O) groups is 2. The molecule has 3 nitrogen and oxygen atoms in total. The summed E-state index contributed by atoms with van der Waals surface area (Å²) in [7, 11) is 0. The predicted octanol–water partition coefficient (Wildman–Crippen LogP) is 4.64. The van der Waals surface area contributed by atoms with E-state index in [0.29, 0.717) is 6.42 Å². The van der Waals surface area contributed by atoms with Gasteiger partial charge in [-0.3, -0.25) is 9.59 Å². The van der Waals surface area contributed by atoms with E-state index >= 15 is 0 Å². The van der Waals surface area contributed by atoms with Gasteiger partial charge in [-0.1, -0.05) is 20.8 Å². The van der Waals surface area contributed by atoms with Crippen LogP contribution in [0, 0.1) is 5.41 Å². The number of rotatable bonds is 4. The lowest BCUT2D eigenvalue weighted by atomic mass is 9.74. The SMILES string of the molecule is CCCSc1sc(C(=O)N2CCCC2)c2c1C(=O)CC(C)(C)C2. The summed E-state index contributed by atoms with van der Waals surface area (Å²) in [5.74, 6) is 1.38. The van der Waals surface area contributed by atoms with Gasteiger partial charge in [0.2, 0.25) is 0 Å². The quantitative estimate of drug-likeness (QED) is 0.742. The number of carbonyl (C=O) groups excluding carboxylic acids is 2. The average molecular weight is 352 g/mol. The van der Waals surface area contributed by atoms with Crippen molar-refractivity contribution in [3.63, 3.8) is 0 Å². The minimum atomic E-state index is -0.0438. The van der Waals surface area contributed by atoms with Gasteiger partial charge < -0.3 is 4.90 Å². The van der Waals surface area contributed by atoms with Gasteiger partial charge in [0, 0.05) is 25.1 Å². The maximum atomic E-state index is 12.9. The number of thioether (sulfide) groups is 1. The Morgan fingerprint density at radius 3 is 2.61 bits per heavy atom. The molecule has 1 amide bonds. The highest BCUT2D eigenvalue weighted by atomic mass is 32.2. The lowest BCUT2D eigenvalue weighted by Gasteiger charge is -2.29. The van der Waals surface area contributed by atoms with Crippen LogP contribution in [0.3, 0.4) is 0 Å². The molecule has 0 saturated carbocycles. The van der Waals surface area contributed by atoms with E-state index in [0.717, 1.165) is 64.7 Å². The van der Waals surface area contributed by atoms with Gasteiger partial charge in [-0.15, -0.1) is 23.1 Å². The third-order valence-electron chi connectivity index (χ3n) is 4.57. The number of Topliss-reactive ketones (excluding diaryl/α,β-unsaturated/α-hetero) is 1. The highest BCUT2D eigenvalue weighted by Crippen LogP contribution is 2.45. The summed E-state index contributed by atoms with van der Waals surface area (Å²) in [6, 6.07) is 0. The molecule has 1 aliphatic heterocycles. The third-order valence-corrected chi connectivity index (χ3v) is 7.27. The lowest BCUT2D eigenvalue weighted by molar-refractivity contribution is 0.0795. The van der Waals surface area contributed by atoms with Crippen molar-refractivity contribution < 1.29 is 9.59 Å². The summed E-state index contributed by atoms with van der Waals surface area (Å²) in [4.78, 5) is 28.4. The zero-order valence-electron chi connectivity index (χ0n) is 14.2. The summed E-state index contributed by atoms with van der Waals surface area (Å²) < 4.78 is 1.07. The van der Waals surface area contributed by atoms with Crippen molar-refractivity contribution in [2.45, 2.75) is 57.1 Å². The fourth-order valence-corrected chi connectivity index (χ4v) is 6.03. The Labute approximate surface area is 146 Å². The van der Waals surface area contributed by atoms with E-state index in [9.17, 15) is 9.59 Å². The molecule has 2 heterocycles. The van der Waals surface area contributed by atoms with E-state index in [-0.39, 0.29) is 17.1 Å². The van der Waals surface area contributed by atoms with E-state index in [4.69, 9.17) is 0 Å². The van der Waals surface area contributed by atoms with Crippen molar-refractivity contribution in [2.75, 3.05) is 18.8 Å². The number of hydrogen-bond acceptors (Lipinski definition) is 4. The first-order valence-electron chi connectivity index (χ1n) is 8.54. The van der Waals surface area contributed by atoms with Crippen LogP contribution in [-0.2, 0) is 6.42 Å². The number of nitrogens with zero attached hydrogens (tertiary/aromatic N) is 1. The number of ketones is 1.